The normalized spacial score (nSPS) is 25.7. The Kier molecular flexibility index (Phi) is 5.96. The zero-order valence-corrected chi connectivity index (χ0v) is 20.0. The number of hydrogen-bond donors (Lipinski definition) is 1. The smallest absolute Gasteiger partial charge is 0.230 e. The van der Waals surface area contributed by atoms with E-state index in [1.54, 1.807) is 0 Å². The highest BCUT2D eigenvalue weighted by Crippen LogP contribution is 2.43. The van der Waals surface area contributed by atoms with E-state index >= 15 is 0 Å². The van der Waals surface area contributed by atoms with E-state index in [-0.39, 0.29) is 11.9 Å². The van der Waals surface area contributed by atoms with Gasteiger partial charge < -0.3 is 5.32 Å². The number of carbonyl (C=O) groups excluding carboxylic acids is 1. The second-order valence-corrected chi connectivity index (χ2v) is 10.4. The van der Waals surface area contributed by atoms with Crippen LogP contribution in [0.4, 0.5) is 0 Å². The van der Waals surface area contributed by atoms with Gasteiger partial charge in [-0.1, -0.05) is 61.9 Å². The molecule has 0 saturated carbocycles. The van der Waals surface area contributed by atoms with E-state index in [4.69, 9.17) is 0 Å². The number of fused-ring (bicyclic) bond motifs is 4. The van der Waals surface area contributed by atoms with Crippen LogP contribution in [-0.4, -0.2) is 34.9 Å². The molecule has 6 rings (SSSR count). The van der Waals surface area contributed by atoms with Crippen LogP contribution in [0.15, 0.2) is 66.9 Å². The first kappa shape index (κ1) is 22.1. The van der Waals surface area contributed by atoms with Crippen molar-refractivity contribution in [3.63, 3.8) is 0 Å². The Hall–Kier alpha value is -2.72. The minimum Gasteiger partial charge on any atom is -0.347 e. The van der Waals surface area contributed by atoms with E-state index in [2.05, 4.69) is 46.4 Å². The van der Waals surface area contributed by atoms with Crippen molar-refractivity contribution in [2.45, 2.75) is 57.5 Å². The van der Waals surface area contributed by atoms with Gasteiger partial charge in [0.05, 0.1) is 17.0 Å². The number of nitrogens with zero attached hydrogens (tertiary/aromatic N) is 2. The quantitative estimate of drug-likeness (QED) is 0.550. The number of nitrogens with one attached hydrogen (secondary N) is 1. The number of amides is 1. The summed E-state index contributed by atoms with van der Waals surface area (Å²) < 4.78 is 0. The maximum absolute atomic E-state index is 13.8. The van der Waals surface area contributed by atoms with Gasteiger partial charge in [0.15, 0.2) is 0 Å². The summed E-state index contributed by atoms with van der Waals surface area (Å²) in [6.45, 7) is 8.64. The second-order valence-electron chi connectivity index (χ2n) is 10.4. The molecule has 4 heteroatoms. The Morgan fingerprint density at radius 2 is 1.88 bits per heavy atom. The van der Waals surface area contributed by atoms with Crippen molar-refractivity contribution < 1.29 is 4.79 Å². The first-order valence-electron chi connectivity index (χ1n) is 12.4. The molecule has 1 unspecified atom stereocenters. The molecule has 2 bridgehead atoms. The van der Waals surface area contributed by atoms with E-state index in [1.807, 2.05) is 56.4 Å². The van der Waals surface area contributed by atoms with E-state index < -0.39 is 5.41 Å². The fourth-order valence-corrected chi connectivity index (χ4v) is 6.07. The Morgan fingerprint density at radius 1 is 1.12 bits per heavy atom. The van der Waals surface area contributed by atoms with Crippen LogP contribution in [0.5, 0.6) is 0 Å². The maximum Gasteiger partial charge on any atom is 0.230 e. The average Bonchev–Trinajstić information content (AvgIpc) is 2.87. The third-order valence-corrected chi connectivity index (χ3v) is 8.21. The van der Waals surface area contributed by atoms with Gasteiger partial charge in [0.1, 0.15) is 0 Å². The molecule has 0 spiro atoms. The molecule has 4 nitrogen and oxygen atoms in total. The monoisotopic (exact) mass is 441 g/mol. The van der Waals surface area contributed by atoms with Gasteiger partial charge in [0.25, 0.3) is 0 Å². The van der Waals surface area contributed by atoms with Gasteiger partial charge in [-0.25, -0.2) is 0 Å². The zero-order valence-electron chi connectivity index (χ0n) is 20.0. The van der Waals surface area contributed by atoms with Crippen LogP contribution in [0.25, 0.3) is 10.9 Å². The summed E-state index contributed by atoms with van der Waals surface area (Å²) in [6, 6.07) is 20.8. The molecule has 1 N–H and O–H groups in total. The first-order valence-corrected chi connectivity index (χ1v) is 12.4. The molecular formula is C29H35N3O. The molecule has 2 aromatic carbocycles. The predicted octanol–water partition coefficient (Wildman–Crippen LogP) is 5.49. The van der Waals surface area contributed by atoms with Gasteiger partial charge in [0, 0.05) is 24.2 Å². The van der Waals surface area contributed by atoms with Gasteiger partial charge in [-0.2, -0.15) is 0 Å². The topological polar surface area (TPSA) is 45.2 Å². The molecular weight excluding hydrogens is 406 g/mol. The summed E-state index contributed by atoms with van der Waals surface area (Å²) in [6.07, 6.45) is 5.56. The lowest BCUT2D eigenvalue weighted by Gasteiger charge is -2.52. The van der Waals surface area contributed by atoms with Gasteiger partial charge in [-0.15, -0.1) is 0 Å². The fourth-order valence-electron chi connectivity index (χ4n) is 6.07. The largest absolute Gasteiger partial charge is 0.347 e. The highest BCUT2D eigenvalue weighted by Gasteiger charge is 2.44. The Balaban J connectivity index is 1.53. The van der Waals surface area contributed by atoms with Crippen LogP contribution in [0.2, 0.25) is 0 Å². The third kappa shape index (κ3) is 4.06. The van der Waals surface area contributed by atoms with Gasteiger partial charge in [-0.05, 0) is 68.3 Å². The molecule has 0 radical (unpaired) electrons. The molecule has 3 aliphatic heterocycles. The number of rotatable bonds is 6. The minimum atomic E-state index is -0.614. The Bertz CT molecular complexity index is 1120. The molecule has 33 heavy (non-hydrogen) atoms. The van der Waals surface area contributed by atoms with Crippen molar-refractivity contribution in [3.05, 3.63) is 78.0 Å². The number of aromatic nitrogens is 1. The highest BCUT2D eigenvalue weighted by atomic mass is 16.2. The van der Waals surface area contributed by atoms with Crippen molar-refractivity contribution in [3.8, 4) is 0 Å². The average molecular weight is 442 g/mol. The zero-order chi connectivity index (χ0) is 23.0. The Morgan fingerprint density at radius 3 is 2.61 bits per heavy atom. The van der Waals surface area contributed by atoms with E-state index in [1.165, 1.54) is 18.4 Å². The van der Waals surface area contributed by atoms with Crippen LogP contribution in [0.1, 0.15) is 57.2 Å². The minimum absolute atomic E-state index is 0.0611. The molecule has 5 atom stereocenters. The summed E-state index contributed by atoms with van der Waals surface area (Å²) in [4.78, 5) is 21.0. The molecule has 3 aromatic rings. The molecule has 3 saturated heterocycles. The number of para-hydroxylation sites is 1. The van der Waals surface area contributed by atoms with Gasteiger partial charge in [-0.3, -0.25) is 14.7 Å². The van der Waals surface area contributed by atoms with Crippen LogP contribution >= 0.6 is 0 Å². The molecule has 1 aromatic heterocycles. The number of hydrogen-bond acceptors (Lipinski definition) is 3. The predicted molar refractivity (Wildman–Crippen MR) is 134 cm³/mol. The number of pyridine rings is 1. The van der Waals surface area contributed by atoms with E-state index in [0.29, 0.717) is 6.04 Å². The lowest BCUT2D eigenvalue weighted by Crippen LogP contribution is -2.58. The summed E-state index contributed by atoms with van der Waals surface area (Å²) >= 11 is 0. The molecule has 1 amide bonds. The third-order valence-electron chi connectivity index (χ3n) is 8.21. The number of carbonyl (C=O) groups is 1. The van der Waals surface area contributed by atoms with Crippen molar-refractivity contribution >= 4 is 16.8 Å². The molecule has 3 aliphatic rings. The van der Waals surface area contributed by atoms with Crippen molar-refractivity contribution in [2.24, 2.45) is 11.8 Å². The maximum atomic E-state index is 13.8. The summed E-state index contributed by atoms with van der Waals surface area (Å²) in [5, 5.41) is 4.68. The van der Waals surface area contributed by atoms with E-state index in [9.17, 15) is 4.79 Å². The molecule has 3 fully saturated rings. The lowest BCUT2D eigenvalue weighted by atomic mass is 9.72. The second kappa shape index (κ2) is 8.90. The number of benzene rings is 2. The summed E-state index contributed by atoms with van der Waals surface area (Å²) in [5.74, 6) is 1.61. The van der Waals surface area contributed by atoms with Crippen LogP contribution in [-0.2, 0) is 10.2 Å². The molecule has 172 valence electrons. The number of piperidine rings is 3. The van der Waals surface area contributed by atoms with Crippen molar-refractivity contribution in [1.82, 2.24) is 15.2 Å². The lowest BCUT2D eigenvalue weighted by molar-refractivity contribution is -0.127. The fraction of sp³-hybridized carbons (Fsp3) is 0.448. The summed E-state index contributed by atoms with van der Waals surface area (Å²) in [7, 11) is 0. The van der Waals surface area contributed by atoms with Crippen LogP contribution in [0.3, 0.4) is 0 Å². The van der Waals surface area contributed by atoms with Gasteiger partial charge >= 0.3 is 0 Å². The first-order chi connectivity index (χ1) is 16.0. The van der Waals surface area contributed by atoms with Crippen molar-refractivity contribution in [1.29, 1.82) is 0 Å². The van der Waals surface area contributed by atoms with Crippen LogP contribution < -0.4 is 5.32 Å². The SMILES string of the molecule is CC[C@H]1CN2CC[C@H]1C[C@@H]2[C@H](NC(=O)C(C)(C)c1ccccc1)c1ccnc2ccccc12. The van der Waals surface area contributed by atoms with Crippen molar-refractivity contribution in [2.75, 3.05) is 13.1 Å². The molecule has 0 aliphatic carbocycles. The van der Waals surface area contributed by atoms with E-state index in [0.717, 1.165) is 47.8 Å². The summed E-state index contributed by atoms with van der Waals surface area (Å²) in [5.41, 5.74) is 2.59. The Labute approximate surface area is 197 Å². The van der Waals surface area contributed by atoms with Crippen LogP contribution in [0, 0.1) is 11.8 Å². The van der Waals surface area contributed by atoms with Gasteiger partial charge in [0.2, 0.25) is 5.91 Å². The standard InChI is InChI=1S/C29H35N3O/c1-4-20-19-32-17-15-21(20)18-26(32)27(24-14-16-30-25-13-9-8-12-23(24)25)31-28(33)29(2,3)22-10-6-5-7-11-22/h5-14,16,20-21,26-27H,4,15,17-19H2,1-3H3,(H,31,33)/t20-,21-,26+,27+/m0/s1. The highest BCUT2D eigenvalue weighted by molar-refractivity contribution is 5.89. The molecule has 4 heterocycles.